The number of pyridine rings is 1. The molecule has 0 spiro atoms. The summed E-state index contributed by atoms with van der Waals surface area (Å²) in [7, 11) is 0. The van der Waals surface area contributed by atoms with Gasteiger partial charge in [0.15, 0.2) is 6.10 Å². The molecule has 0 fully saturated rings. The Morgan fingerprint density at radius 1 is 1.30 bits per heavy atom. The second kappa shape index (κ2) is 6.19. The number of nitrogens with zero attached hydrogens (tertiary/aromatic N) is 1. The summed E-state index contributed by atoms with van der Waals surface area (Å²) in [6.45, 7) is 5.72. The van der Waals surface area contributed by atoms with Gasteiger partial charge in [-0.2, -0.15) is 0 Å². The first-order valence-corrected chi connectivity index (χ1v) is 6.51. The lowest BCUT2D eigenvalue weighted by Crippen LogP contribution is -2.30. The molecular weight excluding hydrogens is 252 g/mol. The average Bonchev–Trinajstić information content (AvgIpc) is 2.43. The fourth-order valence-electron chi connectivity index (χ4n) is 1.86. The molecule has 2 rings (SSSR count). The second-order valence-electron chi connectivity index (χ2n) is 4.76. The standard InChI is InChI=1S/C16H18N2O2/c1-11-6-7-15(12(2)9-11)20-13(3)16(19)18-14-5-4-8-17-10-14/h4-10,13H,1-3H3,(H,18,19)/t13-/m0/s1. The van der Waals surface area contributed by atoms with Gasteiger partial charge >= 0.3 is 0 Å². The Labute approximate surface area is 118 Å². The first-order chi connectivity index (χ1) is 9.56. The van der Waals surface area contributed by atoms with Gasteiger partial charge in [-0.1, -0.05) is 17.7 Å². The van der Waals surface area contributed by atoms with E-state index in [1.54, 1.807) is 31.5 Å². The Morgan fingerprint density at radius 2 is 2.10 bits per heavy atom. The second-order valence-corrected chi connectivity index (χ2v) is 4.76. The van der Waals surface area contributed by atoms with Crippen molar-refractivity contribution in [2.45, 2.75) is 26.9 Å². The predicted molar refractivity (Wildman–Crippen MR) is 78.9 cm³/mol. The monoisotopic (exact) mass is 270 g/mol. The van der Waals surface area contributed by atoms with Crippen molar-refractivity contribution >= 4 is 11.6 Å². The zero-order valence-corrected chi connectivity index (χ0v) is 11.9. The van der Waals surface area contributed by atoms with Crippen molar-refractivity contribution in [1.82, 2.24) is 4.98 Å². The number of carbonyl (C=O) groups is 1. The Morgan fingerprint density at radius 3 is 2.75 bits per heavy atom. The number of aromatic nitrogens is 1. The molecule has 1 N–H and O–H groups in total. The van der Waals surface area contributed by atoms with Gasteiger partial charge in [0.05, 0.1) is 11.9 Å². The highest BCUT2D eigenvalue weighted by atomic mass is 16.5. The van der Waals surface area contributed by atoms with Crippen molar-refractivity contribution in [2.24, 2.45) is 0 Å². The van der Waals surface area contributed by atoms with Crippen LogP contribution < -0.4 is 10.1 Å². The molecule has 0 aliphatic heterocycles. The van der Waals surface area contributed by atoms with Crippen molar-refractivity contribution in [3.8, 4) is 5.75 Å². The van der Waals surface area contributed by atoms with E-state index in [1.807, 2.05) is 32.0 Å². The highest BCUT2D eigenvalue weighted by molar-refractivity contribution is 5.93. The zero-order valence-electron chi connectivity index (χ0n) is 11.9. The summed E-state index contributed by atoms with van der Waals surface area (Å²) in [6, 6.07) is 9.44. The van der Waals surface area contributed by atoms with Crippen LogP contribution in [0.3, 0.4) is 0 Å². The fourth-order valence-corrected chi connectivity index (χ4v) is 1.86. The molecule has 0 saturated carbocycles. The van der Waals surface area contributed by atoms with Crippen LogP contribution in [0.1, 0.15) is 18.1 Å². The first kappa shape index (κ1) is 14.1. The Bertz CT molecular complexity index is 597. The van der Waals surface area contributed by atoms with Crippen molar-refractivity contribution in [1.29, 1.82) is 0 Å². The number of ether oxygens (including phenoxy) is 1. The van der Waals surface area contributed by atoms with Crippen LogP contribution in [0.5, 0.6) is 5.75 Å². The summed E-state index contributed by atoms with van der Waals surface area (Å²) in [4.78, 5) is 16.0. The van der Waals surface area contributed by atoms with E-state index in [0.29, 0.717) is 5.69 Å². The van der Waals surface area contributed by atoms with Crippen LogP contribution in [0.4, 0.5) is 5.69 Å². The molecule has 0 saturated heterocycles. The quantitative estimate of drug-likeness (QED) is 0.928. The number of hydrogen-bond acceptors (Lipinski definition) is 3. The molecule has 1 aromatic carbocycles. The minimum Gasteiger partial charge on any atom is -0.481 e. The predicted octanol–water partition coefficient (Wildman–Crippen LogP) is 3.10. The number of benzene rings is 1. The lowest BCUT2D eigenvalue weighted by molar-refractivity contribution is -0.122. The number of anilines is 1. The number of nitrogens with one attached hydrogen (secondary N) is 1. The Balaban J connectivity index is 2.00. The topological polar surface area (TPSA) is 51.2 Å². The molecule has 0 aliphatic carbocycles. The van der Waals surface area contributed by atoms with Gasteiger partial charge in [-0.15, -0.1) is 0 Å². The molecule has 1 aromatic heterocycles. The van der Waals surface area contributed by atoms with Crippen molar-refractivity contribution in [2.75, 3.05) is 5.32 Å². The number of rotatable bonds is 4. The third kappa shape index (κ3) is 3.57. The molecule has 1 amide bonds. The number of hydrogen-bond donors (Lipinski definition) is 1. The first-order valence-electron chi connectivity index (χ1n) is 6.51. The summed E-state index contributed by atoms with van der Waals surface area (Å²) in [5.74, 6) is 0.530. The summed E-state index contributed by atoms with van der Waals surface area (Å²) in [5, 5.41) is 2.77. The van der Waals surface area contributed by atoms with Gasteiger partial charge < -0.3 is 10.1 Å². The van der Waals surface area contributed by atoms with E-state index in [4.69, 9.17) is 4.74 Å². The normalized spacial score (nSPS) is 11.8. The third-order valence-corrected chi connectivity index (χ3v) is 2.93. The van der Waals surface area contributed by atoms with Gasteiger partial charge in [0.2, 0.25) is 0 Å². The lowest BCUT2D eigenvalue weighted by Gasteiger charge is -2.16. The van der Waals surface area contributed by atoms with Crippen LogP contribution in [0.15, 0.2) is 42.7 Å². The Hall–Kier alpha value is -2.36. The minimum absolute atomic E-state index is 0.196. The summed E-state index contributed by atoms with van der Waals surface area (Å²) >= 11 is 0. The van der Waals surface area contributed by atoms with Crippen LogP contribution in [0, 0.1) is 13.8 Å². The molecule has 1 atom stereocenters. The molecule has 0 bridgehead atoms. The van der Waals surface area contributed by atoms with E-state index >= 15 is 0 Å². The molecular formula is C16H18N2O2. The van der Waals surface area contributed by atoms with E-state index in [2.05, 4.69) is 10.3 Å². The molecule has 104 valence electrons. The van der Waals surface area contributed by atoms with Crippen LogP contribution in [0.2, 0.25) is 0 Å². The number of amides is 1. The molecule has 0 aliphatic rings. The molecule has 1 heterocycles. The van der Waals surface area contributed by atoms with Crippen LogP contribution >= 0.6 is 0 Å². The lowest BCUT2D eigenvalue weighted by atomic mass is 10.1. The average molecular weight is 270 g/mol. The van der Waals surface area contributed by atoms with Gasteiger partial charge in [-0.25, -0.2) is 0 Å². The molecule has 2 aromatic rings. The Kier molecular flexibility index (Phi) is 4.35. The molecule has 0 radical (unpaired) electrons. The molecule has 0 unspecified atom stereocenters. The maximum Gasteiger partial charge on any atom is 0.265 e. The molecule has 4 nitrogen and oxygen atoms in total. The summed E-state index contributed by atoms with van der Waals surface area (Å²) in [5.41, 5.74) is 2.85. The third-order valence-electron chi connectivity index (χ3n) is 2.93. The van der Waals surface area contributed by atoms with Gasteiger partial charge in [-0.05, 0) is 44.5 Å². The van der Waals surface area contributed by atoms with Crippen LogP contribution in [-0.4, -0.2) is 17.0 Å². The molecule has 20 heavy (non-hydrogen) atoms. The largest absolute Gasteiger partial charge is 0.481 e. The highest BCUT2D eigenvalue weighted by Gasteiger charge is 2.15. The fraction of sp³-hybridized carbons (Fsp3) is 0.250. The van der Waals surface area contributed by atoms with Gasteiger partial charge in [0, 0.05) is 6.20 Å². The van der Waals surface area contributed by atoms with Gasteiger partial charge in [0.25, 0.3) is 5.91 Å². The maximum atomic E-state index is 12.0. The van der Waals surface area contributed by atoms with E-state index < -0.39 is 6.10 Å². The zero-order chi connectivity index (χ0) is 14.5. The van der Waals surface area contributed by atoms with Crippen LogP contribution in [-0.2, 0) is 4.79 Å². The van der Waals surface area contributed by atoms with E-state index in [0.717, 1.165) is 11.3 Å². The van der Waals surface area contributed by atoms with Crippen molar-refractivity contribution in [3.05, 3.63) is 53.9 Å². The summed E-state index contributed by atoms with van der Waals surface area (Å²) in [6.07, 6.45) is 2.68. The van der Waals surface area contributed by atoms with E-state index in [1.165, 1.54) is 5.56 Å². The minimum atomic E-state index is -0.573. The van der Waals surface area contributed by atoms with Gasteiger partial charge in [-0.3, -0.25) is 9.78 Å². The van der Waals surface area contributed by atoms with Crippen LogP contribution in [0.25, 0.3) is 0 Å². The van der Waals surface area contributed by atoms with E-state index in [-0.39, 0.29) is 5.91 Å². The highest BCUT2D eigenvalue weighted by Crippen LogP contribution is 2.20. The maximum absolute atomic E-state index is 12.0. The van der Waals surface area contributed by atoms with E-state index in [9.17, 15) is 4.79 Å². The van der Waals surface area contributed by atoms with Crippen molar-refractivity contribution in [3.63, 3.8) is 0 Å². The molecule has 4 heteroatoms. The smallest absolute Gasteiger partial charge is 0.265 e. The number of carbonyl (C=O) groups excluding carboxylic acids is 1. The van der Waals surface area contributed by atoms with Gasteiger partial charge in [0.1, 0.15) is 5.75 Å². The summed E-state index contributed by atoms with van der Waals surface area (Å²) < 4.78 is 5.70. The SMILES string of the molecule is Cc1ccc(O[C@@H](C)C(=O)Nc2cccnc2)c(C)c1. The van der Waals surface area contributed by atoms with Crippen molar-refractivity contribution < 1.29 is 9.53 Å². The number of aryl methyl sites for hydroxylation is 2.